The Balaban J connectivity index is 0.000000606. The zero-order valence-electron chi connectivity index (χ0n) is 9.88. The molecule has 0 N–H and O–H groups in total. The molecule has 2 nitrogen and oxygen atoms in total. The predicted molar refractivity (Wildman–Crippen MR) is 58.1 cm³/mol. The lowest BCUT2D eigenvalue weighted by atomic mass is 10.0. The van der Waals surface area contributed by atoms with Crippen LogP contribution >= 0.6 is 0 Å². The van der Waals surface area contributed by atoms with E-state index in [0.717, 1.165) is 5.56 Å². The predicted octanol–water partition coefficient (Wildman–Crippen LogP) is 4.16. The molecule has 0 saturated heterocycles. The molecule has 0 fully saturated rings. The van der Waals surface area contributed by atoms with E-state index in [1.165, 1.54) is 6.07 Å². The largest absolute Gasteiger partial charge is 0.586 e. The maximum atomic E-state index is 12.6. The van der Waals surface area contributed by atoms with Crippen molar-refractivity contribution in [2.24, 2.45) is 0 Å². The minimum absolute atomic E-state index is 0.0967. The van der Waals surface area contributed by atoms with Crippen LogP contribution in [0.5, 0.6) is 11.5 Å². The maximum absolute atomic E-state index is 12.6. The van der Waals surface area contributed by atoms with Gasteiger partial charge in [-0.3, -0.25) is 0 Å². The van der Waals surface area contributed by atoms with Gasteiger partial charge in [0.2, 0.25) is 0 Å². The molecule has 0 bridgehead atoms. The monoisotopic (exact) mass is 230 g/mol. The summed E-state index contributed by atoms with van der Waals surface area (Å²) in [5, 5.41) is 0. The highest BCUT2D eigenvalue weighted by Crippen LogP contribution is 2.42. The molecule has 1 aliphatic rings. The Morgan fingerprint density at radius 1 is 1.06 bits per heavy atom. The molecule has 0 aromatic heterocycles. The second kappa shape index (κ2) is 4.68. The number of halogens is 2. The summed E-state index contributed by atoms with van der Waals surface area (Å²) < 4.78 is 33.9. The van der Waals surface area contributed by atoms with Gasteiger partial charge in [0, 0.05) is 0 Å². The fraction of sp³-hybridized carbons (Fsp3) is 0.500. The standard InChI is InChI=1S/C10H10F2O2.C2H6/c1-6(2)7-3-4-8-9(5-7)14-10(11,12)13-8;1-2/h3-6H,1-2H3;1-2H3. The molecule has 0 saturated carbocycles. The second-order valence-electron chi connectivity index (χ2n) is 3.53. The van der Waals surface area contributed by atoms with E-state index in [2.05, 4.69) is 9.47 Å². The van der Waals surface area contributed by atoms with Crippen LogP contribution in [0.15, 0.2) is 18.2 Å². The van der Waals surface area contributed by atoms with Crippen LogP contribution in [0.3, 0.4) is 0 Å². The van der Waals surface area contributed by atoms with Crippen molar-refractivity contribution in [1.29, 1.82) is 0 Å². The zero-order valence-corrected chi connectivity index (χ0v) is 9.88. The summed E-state index contributed by atoms with van der Waals surface area (Å²) in [4.78, 5) is 0. The van der Waals surface area contributed by atoms with E-state index in [1.807, 2.05) is 27.7 Å². The number of benzene rings is 1. The lowest BCUT2D eigenvalue weighted by Gasteiger charge is -2.05. The van der Waals surface area contributed by atoms with E-state index in [9.17, 15) is 8.78 Å². The van der Waals surface area contributed by atoms with Crippen LogP contribution in [-0.4, -0.2) is 6.29 Å². The van der Waals surface area contributed by atoms with Crippen molar-refractivity contribution in [3.8, 4) is 11.5 Å². The first-order chi connectivity index (χ1) is 7.48. The van der Waals surface area contributed by atoms with Gasteiger partial charge in [-0.1, -0.05) is 33.8 Å². The molecule has 1 aromatic rings. The number of rotatable bonds is 1. The fourth-order valence-electron chi connectivity index (χ4n) is 1.32. The van der Waals surface area contributed by atoms with Gasteiger partial charge in [0.25, 0.3) is 0 Å². The van der Waals surface area contributed by atoms with Gasteiger partial charge in [0.05, 0.1) is 0 Å². The Bertz CT molecular complexity index is 362. The van der Waals surface area contributed by atoms with E-state index in [4.69, 9.17) is 0 Å². The third-order valence-corrected chi connectivity index (χ3v) is 2.09. The van der Waals surface area contributed by atoms with Crippen LogP contribution in [0.2, 0.25) is 0 Å². The number of alkyl halides is 2. The topological polar surface area (TPSA) is 18.5 Å². The smallest absolute Gasteiger partial charge is 0.395 e. The summed E-state index contributed by atoms with van der Waals surface area (Å²) in [6.07, 6.45) is -3.52. The van der Waals surface area contributed by atoms with Gasteiger partial charge >= 0.3 is 6.29 Å². The van der Waals surface area contributed by atoms with Crippen molar-refractivity contribution in [3.05, 3.63) is 23.8 Å². The minimum Gasteiger partial charge on any atom is -0.395 e. The van der Waals surface area contributed by atoms with E-state index in [-0.39, 0.29) is 17.4 Å². The van der Waals surface area contributed by atoms with Crippen LogP contribution < -0.4 is 9.47 Å². The molecule has 1 aromatic carbocycles. The molecule has 0 radical (unpaired) electrons. The summed E-state index contributed by atoms with van der Waals surface area (Å²) in [7, 11) is 0. The third-order valence-electron chi connectivity index (χ3n) is 2.09. The summed E-state index contributed by atoms with van der Waals surface area (Å²) in [5.41, 5.74) is 0.949. The normalized spacial score (nSPS) is 15.7. The van der Waals surface area contributed by atoms with Gasteiger partial charge in [-0.25, -0.2) is 0 Å². The number of ether oxygens (including phenoxy) is 2. The highest BCUT2D eigenvalue weighted by Gasteiger charge is 2.43. The average molecular weight is 230 g/mol. The molecule has 2 rings (SSSR count). The van der Waals surface area contributed by atoms with Crippen molar-refractivity contribution in [2.45, 2.75) is 39.9 Å². The summed E-state index contributed by atoms with van der Waals surface area (Å²) in [6, 6.07) is 4.85. The molecular weight excluding hydrogens is 214 g/mol. The van der Waals surface area contributed by atoms with Crippen LogP contribution in [-0.2, 0) is 0 Å². The Labute approximate surface area is 94.2 Å². The highest BCUT2D eigenvalue weighted by atomic mass is 19.3. The van der Waals surface area contributed by atoms with Gasteiger partial charge in [-0.05, 0) is 23.6 Å². The average Bonchev–Trinajstić information content (AvgIpc) is 2.53. The van der Waals surface area contributed by atoms with Crippen molar-refractivity contribution >= 4 is 0 Å². The summed E-state index contributed by atoms with van der Waals surface area (Å²) in [5.74, 6) is 0.485. The second-order valence-corrected chi connectivity index (χ2v) is 3.53. The maximum Gasteiger partial charge on any atom is 0.586 e. The molecule has 1 aliphatic heterocycles. The van der Waals surface area contributed by atoms with E-state index in [1.54, 1.807) is 12.1 Å². The van der Waals surface area contributed by atoms with Crippen molar-refractivity contribution in [1.82, 2.24) is 0 Å². The molecule has 1 heterocycles. The van der Waals surface area contributed by atoms with Crippen molar-refractivity contribution < 1.29 is 18.3 Å². The first kappa shape index (κ1) is 12.7. The fourth-order valence-corrected chi connectivity index (χ4v) is 1.32. The molecular formula is C12H16F2O2. The van der Waals surface area contributed by atoms with Crippen LogP contribution in [0.1, 0.15) is 39.2 Å². The van der Waals surface area contributed by atoms with Crippen molar-refractivity contribution in [3.63, 3.8) is 0 Å². The number of hydrogen-bond donors (Lipinski definition) is 0. The van der Waals surface area contributed by atoms with Gasteiger partial charge in [0.15, 0.2) is 11.5 Å². The number of fused-ring (bicyclic) bond motifs is 1. The number of hydrogen-bond acceptors (Lipinski definition) is 2. The lowest BCUT2D eigenvalue weighted by molar-refractivity contribution is -0.286. The highest BCUT2D eigenvalue weighted by molar-refractivity contribution is 5.45. The van der Waals surface area contributed by atoms with Gasteiger partial charge in [0.1, 0.15) is 0 Å². The quantitative estimate of drug-likeness (QED) is 0.721. The Morgan fingerprint density at radius 2 is 1.62 bits per heavy atom. The molecule has 0 spiro atoms. The first-order valence-electron chi connectivity index (χ1n) is 5.38. The lowest BCUT2D eigenvalue weighted by Crippen LogP contribution is -2.25. The molecule has 0 amide bonds. The first-order valence-corrected chi connectivity index (χ1v) is 5.38. The van der Waals surface area contributed by atoms with Gasteiger partial charge in [-0.2, -0.15) is 0 Å². The van der Waals surface area contributed by atoms with E-state index < -0.39 is 6.29 Å². The third kappa shape index (κ3) is 2.62. The van der Waals surface area contributed by atoms with Crippen LogP contribution in [0, 0.1) is 0 Å². The minimum atomic E-state index is -3.52. The molecule has 0 aliphatic carbocycles. The summed E-state index contributed by atoms with van der Waals surface area (Å²) >= 11 is 0. The molecule has 16 heavy (non-hydrogen) atoms. The van der Waals surface area contributed by atoms with Crippen LogP contribution in [0.4, 0.5) is 8.78 Å². The molecule has 4 heteroatoms. The van der Waals surface area contributed by atoms with E-state index >= 15 is 0 Å². The molecule has 0 unspecified atom stereocenters. The Morgan fingerprint density at radius 3 is 2.19 bits per heavy atom. The zero-order chi connectivity index (χ0) is 12.3. The van der Waals surface area contributed by atoms with Crippen LogP contribution in [0.25, 0.3) is 0 Å². The Kier molecular flexibility index (Phi) is 3.73. The van der Waals surface area contributed by atoms with E-state index in [0.29, 0.717) is 0 Å². The van der Waals surface area contributed by atoms with Gasteiger partial charge in [-0.15, -0.1) is 8.78 Å². The van der Waals surface area contributed by atoms with Crippen molar-refractivity contribution in [2.75, 3.05) is 0 Å². The SMILES string of the molecule is CC.CC(C)c1ccc2c(c1)OC(F)(F)O2. The summed E-state index contributed by atoms with van der Waals surface area (Å²) in [6.45, 7) is 7.96. The Hall–Kier alpha value is -1.32. The molecule has 90 valence electrons. The molecule has 0 atom stereocenters. The van der Waals surface area contributed by atoms with Gasteiger partial charge < -0.3 is 9.47 Å².